The molecule has 2 rings (SSSR count). The molecule has 0 aliphatic rings. The molecule has 3 heteroatoms. The average Bonchev–Trinajstić information content (AvgIpc) is 2.65. The van der Waals surface area contributed by atoms with Crippen LogP contribution in [0, 0.1) is 5.92 Å². The second-order valence-corrected chi connectivity index (χ2v) is 6.45. The minimum absolute atomic E-state index is 0.0702. The van der Waals surface area contributed by atoms with Crippen molar-refractivity contribution in [1.82, 2.24) is 5.32 Å². The van der Waals surface area contributed by atoms with E-state index in [2.05, 4.69) is 43.4 Å². The lowest BCUT2D eigenvalue weighted by molar-refractivity contribution is -0.0214. The maximum absolute atomic E-state index is 11.3. The number of benzene rings is 2. The van der Waals surface area contributed by atoms with Crippen LogP contribution in [0.15, 0.2) is 54.6 Å². The Kier molecular flexibility index (Phi) is 6.41. The van der Waals surface area contributed by atoms with E-state index in [4.69, 9.17) is 4.74 Å². The van der Waals surface area contributed by atoms with Crippen LogP contribution in [0.2, 0.25) is 0 Å². The van der Waals surface area contributed by atoms with Gasteiger partial charge < -0.3 is 15.2 Å². The van der Waals surface area contributed by atoms with Gasteiger partial charge in [-0.3, -0.25) is 0 Å². The van der Waals surface area contributed by atoms with Gasteiger partial charge in [-0.05, 0) is 36.6 Å². The first-order chi connectivity index (χ1) is 11.5. The molecule has 0 amide bonds. The Balaban J connectivity index is 2.08. The minimum Gasteiger partial charge on any atom is -0.497 e. The van der Waals surface area contributed by atoms with Gasteiger partial charge in [0.25, 0.3) is 0 Å². The summed E-state index contributed by atoms with van der Waals surface area (Å²) in [5.41, 5.74) is 1.29. The fraction of sp³-hybridized carbons (Fsp3) is 0.429. The number of ether oxygens (including phenoxy) is 1. The molecule has 2 N–H and O–H groups in total. The van der Waals surface area contributed by atoms with Crippen molar-refractivity contribution in [3.05, 3.63) is 65.7 Å². The molecular formula is C21H29NO2. The highest BCUT2D eigenvalue weighted by Gasteiger charge is 2.34. The highest BCUT2D eigenvalue weighted by molar-refractivity contribution is 5.33. The molecule has 2 aromatic carbocycles. The van der Waals surface area contributed by atoms with Gasteiger partial charge in [0.15, 0.2) is 0 Å². The highest BCUT2D eigenvalue weighted by atomic mass is 16.5. The van der Waals surface area contributed by atoms with Crippen molar-refractivity contribution in [2.75, 3.05) is 13.7 Å². The molecule has 0 aromatic heterocycles. The van der Waals surface area contributed by atoms with Crippen LogP contribution in [0.25, 0.3) is 0 Å². The highest BCUT2D eigenvalue weighted by Crippen LogP contribution is 2.34. The minimum atomic E-state index is -0.877. The van der Waals surface area contributed by atoms with E-state index in [0.29, 0.717) is 6.42 Å². The second-order valence-electron chi connectivity index (χ2n) is 6.45. The van der Waals surface area contributed by atoms with E-state index >= 15 is 0 Å². The average molecular weight is 327 g/mol. The van der Waals surface area contributed by atoms with E-state index in [0.717, 1.165) is 17.9 Å². The van der Waals surface area contributed by atoms with E-state index in [1.54, 1.807) is 7.11 Å². The summed E-state index contributed by atoms with van der Waals surface area (Å²) < 4.78 is 5.30. The van der Waals surface area contributed by atoms with Gasteiger partial charge in [0.1, 0.15) is 5.75 Å². The number of aliphatic hydroxyl groups is 1. The summed E-state index contributed by atoms with van der Waals surface area (Å²) in [5, 5.41) is 14.8. The Labute approximate surface area is 145 Å². The zero-order valence-corrected chi connectivity index (χ0v) is 15.1. The second kappa shape index (κ2) is 8.32. The molecule has 0 saturated heterocycles. The van der Waals surface area contributed by atoms with Crippen molar-refractivity contribution in [1.29, 1.82) is 0 Å². The molecule has 0 bridgehead atoms. The van der Waals surface area contributed by atoms with Crippen LogP contribution < -0.4 is 10.1 Å². The van der Waals surface area contributed by atoms with Gasteiger partial charge in [-0.1, -0.05) is 56.3 Å². The van der Waals surface area contributed by atoms with Crippen LogP contribution in [-0.2, 0) is 5.60 Å². The Bertz CT molecular complexity index is 629. The van der Waals surface area contributed by atoms with Crippen molar-refractivity contribution in [2.24, 2.45) is 5.92 Å². The number of nitrogens with one attached hydrogen (secondary N) is 1. The molecule has 1 unspecified atom stereocenters. The third-order valence-corrected chi connectivity index (χ3v) is 4.95. The fourth-order valence-corrected chi connectivity index (χ4v) is 3.11. The Morgan fingerprint density at radius 1 is 1.08 bits per heavy atom. The predicted molar refractivity (Wildman–Crippen MR) is 99.2 cm³/mol. The molecular weight excluding hydrogens is 298 g/mol. The van der Waals surface area contributed by atoms with E-state index < -0.39 is 5.60 Å². The molecule has 0 aliphatic heterocycles. The molecule has 0 saturated carbocycles. The summed E-state index contributed by atoms with van der Waals surface area (Å²) in [6.07, 6.45) is 0.655. The SMILES string of the molecule is CC[C@](O)(c1cccc(OC)c1)[C@@H](C)CNC(C)c1ccccc1. The summed E-state index contributed by atoms with van der Waals surface area (Å²) >= 11 is 0. The smallest absolute Gasteiger partial charge is 0.119 e. The summed E-state index contributed by atoms with van der Waals surface area (Å²) in [6.45, 7) is 7.00. The largest absolute Gasteiger partial charge is 0.497 e. The molecule has 0 heterocycles. The lowest BCUT2D eigenvalue weighted by Gasteiger charge is -2.35. The van der Waals surface area contributed by atoms with Crippen molar-refractivity contribution >= 4 is 0 Å². The first-order valence-electron chi connectivity index (χ1n) is 8.66. The number of methoxy groups -OCH3 is 1. The third-order valence-electron chi connectivity index (χ3n) is 4.95. The topological polar surface area (TPSA) is 41.5 Å². The molecule has 0 aliphatic carbocycles. The summed E-state index contributed by atoms with van der Waals surface area (Å²) in [6, 6.07) is 18.4. The van der Waals surface area contributed by atoms with Crippen LogP contribution in [0.4, 0.5) is 0 Å². The van der Waals surface area contributed by atoms with Gasteiger partial charge in [0.2, 0.25) is 0 Å². The first kappa shape index (κ1) is 18.5. The lowest BCUT2D eigenvalue weighted by atomic mass is 9.80. The third kappa shape index (κ3) is 4.16. The predicted octanol–water partition coefficient (Wildman–Crippen LogP) is 4.28. The van der Waals surface area contributed by atoms with Gasteiger partial charge in [-0.15, -0.1) is 0 Å². The van der Waals surface area contributed by atoms with E-state index in [1.165, 1.54) is 5.56 Å². The molecule has 0 radical (unpaired) electrons. The van der Waals surface area contributed by atoms with Gasteiger partial charge in [-0.2, -0.15) is 0 Å². The number of hydrogen-bond acceptors (Lipinski definition) is 3. The van der Waals surface area contributed by atoms with E-state index in [1.807, 2.05) is 37.3 Å². The standard InChI is InChI=1S/C21H29NO2/c1-5-21(23,19-12-9-13-20(14-19)24-4)16(2)15-22-17(3)18-10-7-6-8-11-18/h6-14,16-17,22-23H,5,15H2,1-4H3/t16-,17?,21+/m0/s1. The Morgan fingerprint density at radius 2 is 1.79 bits per heavy atom. The molecule has 2 aromatic rings. The molecule has 3 atom stereocenters. The summed E-state index contributed by atoms with van der Waals surface area (Å²) in [5.74, 6) is 0.845. The molecule has 3 nitrogen and oxygen atoms in total. The zero-order valence-electron chi connectivity index (χ0n) is 15.1. The normalized spacial score (nSPS) is 16.2. The maximum Gasteiger partial charge on any atom is 0.119 e. The van der Waals surface area contributed by atoms with Crippen molar-refractivity contribution in [3.63, 3.8) is 0 Å². The Hall–Kier alpha value is -1.84. The van der Waals surface area contributed by atoms with Crippen LogP contribution in [-0.4, -0.2) is 18.8 Å². The molecule has 0 spiro atoms. The van der Waals surface area contributed by atoms with Gasteiger partial charge in [-0.25, -0.2) is 0 Å². The van der Waals surface area contributed by atoms with Crippen molar-refractivity contribution in [3.8, 4) is 5.75 Å². The van der Waals surface area contributed by atoms with Crippen molar-refractivity contribution < 1.29 is 9.84 Å². The molecule has 24 heavy (non-hydrogen) atoms. The monoisotopic (exact) mass is 327 g/mol. The fourth-order valence-electron chi connectivity index (χ4n) is 3.11. The zero-order chi connectivity index (χ0) is 17.6. The quantitative estimate of drug-likeness (QED) is 0.760. The van der Waals surface area contributed by atoms with Gasteiger partial charge in [0, 0.05) is 18.5 Å². The van der Waals surface area contributed by atoms with E-state index in [9.17, 15) is 5.11 Å². The maximum atomic E-state index is 11.3. The first-order valence-corrected chi connectivity index (χ1v) is 8.66. The number of hydrogen-bond donors (Lipinski definition) is 2. The van der Waals surface area contributed by atoms with Crippen LogP contribution in [0.1, 0.15) is 44.4 Å². The Morgan fingerprint density at radius 3 is 2.42 bits per heavy atom. The summed E-state index contributed by atoms with van der Waals surface area (Å²) in [7, 11) is 1.65. The summed E-state index contributed by atoms with van der Waals surface area (Å²) in [4.78, 5) is 0. The van der Waals surface area contributed by atoms with Crippen LogP contribution in [0.5, 0.6) is 5.75 Å². The van der Waals surface area contributed by atoms with Gasteiger partial charge in [0.05, 0.1) is 12.7 Å². The lowest BCUT2D eigenvalue weighted by Crippen LogP contribution is -2.39. The van der Waals surface area contributed by atoms with Crippen LogP contribution in [0.3, 0.4) is 0 Å². The van der Waals surface area contributed by atoms with Gasteiger partial charge >= 0.3 is 0 Å². The molecule has 130 valence electrons. The number of rotatable bonds is 8. The van der Waals surface area contributed by atoms with E-state index in [-0.39, 0.29) is 12.0 Å². The van der Waals surface area contributed by atoms with Crippen LogP contribution >= 0.6 is 0 Å². The van der Waals surface area contributed by atoms with Crippen molar-refractivity contribution in [2.45, 2.75) is 38.8 Å². The molecule has 0 fully saturated rings.